The van der Waals surface area contributed by atoms with Crippen molar-refractivity contribution >= 4 is 29.2 Å². The highest BCUT2D eigenvalue weighted by Crippen LogP contribution is 2.31. The molecule has 2 fully saturated rings. The molecule has 0 saturated carbocycles. The number of nitriles is 1. The highest BCUT2D eigenvalue weighted by molar-refractivity contribution is 7.09. The molecule has 4 atom stereocenters. The number of thiophene rings is 1. The predicted molar refractivity (Wildman–Crippen MR) is 181 cm³/mol. The van der Waals surface area contributed by atoms with E-state index in [1.165, 1.54) is 32.4 Å². The van der Waals surface area contributed by atoms with Gasteiger partial charge in [0.25, 0.3) is 6.02 Å². The number of hydrogen-bond donors (Lipinski definition) is 2. The SMILES string of the molecule is CC(C)NC(CCCCN1CCCCC1)C(=O)N1CCN(C2=NC(C)C(c3cccc(C#N)c3)O2)C[C@H]1C(=O)NCc1cccs1. The minimum Gasteiger partial charge on any atom is -0.455 e. The first kappa shape index (κ1) is 33.9. The smallest absolute Gasteiger partial charge is 0.288 e. The second-order valence-electron chi connectivity index (χ2n) is 13.0. The first-order valence-electron chi connectivity index (χ1n) is 16.9. The summed E-state index contributed by atoms with van der Waals surface area (Å²) >= 11 is 1.60. The predicted octanol–water partition coefficient (Wildman–Crippen LogP) is 4.29. The van der Waals surface area contributed by atoms with Gasteiger partial charge in [-0.15, -0.1) is 11.3 Å². The highest BCUT2D eigenvalue weighted by Gasteiger charge is 2.41. The van der Waals surface area contributed by atoms with Crippen LogP contribution in [0.2, 0.25) is 0 Å². The number of benzene rings is 1. The van der Waals surface area contributed by atoms with Crippen molar-refractivity contribution in [1.29, 1.82) is 5.26 Å². The van der Waals surface area contributed by atoms with Crippen molar-refractivity contribution < 1.29 is 14.3 Å². The molecular formula is C35H49N7O3S. The minimum absolute atomic E-state index is 0.0172. The van der Waals surface area contributed by atoms with E-state index < -0.39 is 6.04 Å². The second-order valence-corrected chi connectivity index (χ2v) is 14.0. The second kappa shape index (κ2) is 16.4. The molecule has 1 aromatic carbocycles. The summed E-state index contributed by atoms with van der Waals surface area (Å²) in [4.78, 5) is 40.2. The van der Waals surface area contributed by atoms with Gasteiger partial charge >= 0.3 is 0 Å². The van der Waals surface area contributed by atoms with Crippen LogP contribution in [-0.4, -0.2) is 96.0 Å². The molecule has 0 aliphatic carbocycles. The summed E-state index contributed by atoms with van der Waals surface area (Å²) in [6, 6.07) is 13.0. The Balaban J connectivity index is 1.27. The van der Waals surface area contributed by atoms with Crippen LogP contribution in [0.15, 0.2) is 46.8 Å². The number of unbranched alkanes of at least 4 members (excludes halogenated alkanes) is 1. The molecule has 4 heterocycles. The Morgan fingerprint density at radius 2 is 1.93 bits per heavy atom. The Morgan fingerprint density at radius 3 is 2.67 bits per heavy atom. The van der Waals surface area contributed by atoms with E-state index in [1.807, 2.05) is 47.5 Å². The van der Waals surface area contributed by atoms with Crippen molar-refractivity contribution in [2.45, 2.75) is 96.1 Å². The zero-order valence-corrected chi connectivity index (χ0v) is 28.3. The molecule has 0 radical (unpaired) electrons. The van der Waals surface area contributed by atoms with E-state index in [0.29, 0.717) is 37.8 Å². The molecule has 2 amide bonds. The number of hydrogen-bond acceptors (Lipinski definition) is 9. The third-order valence-electron chi connectivity index (χ3n) is 9.08. The first-order chi connectivity index (χ1) is 22.3. The zero-order valence-electron chi connectivity index (χ0n) is 27.5. The zero-order chi connectivity index (χ0) is 32.5. The molecule has 2 saturated heterocycles. The standard InChI is InChI=1S/C35H49N7O3S/c1-25(2)38-30(14-5-8-17-40-15-6-4-7-16-40)34(44)42-19-18-41(24-31(42)33(43)37-23-29-13-10-20-46-29)35-39-26(3)32(45-35)28-12-9-11-27(21-28)22-36/h9-13,20-21,25-26,30-32,38H,4-8,14-19,23-24H2,1-3H3,(H,37,43)/t26?,30?,31-,32?/m0/s1. The molecule has 1 aromatic heterocycles. The summed E-state index contributed by atoms with van der Waals surface area (Å²) in [5.41, 5.74) is 1.47. The first-order valence-corrected chi connectivity index (χ1v) is 17.8. The van der Waals surface area contributed by atoms with Crippen molar-refractivity contribution in [1.82, 2.24) is 25.3 Å². The molecule has 2 N–H and O–H groups in total. The van der Waals surface area contributed by atoms with Gasteiger partial charge in [0, 0.05) is 24.0 Å². The number of likely N-dealkylation sites (tertiary alicyclic amines) is 1. The number of amides is 2. The molecule has 0 bridgehead atoms. The molecule has 46 heavy (non-hydrogen) atoms. The maximum atomic E-state index is 14.2. The van der Waals surface area contributed by atoms with Crippen molar-refractivity contribution in [3.05, 3.63) is 57.8 Å². The van der Waals surface area contributed by atoms with Gasteiger partial charge in [0.05, 0.1) is 36.8 Å². The molecule has 5 rings (SSSR count). The highest BCUT2D eigenvalue weighted by atomic mass is 32.1. The Morgan fingerprint density at radius 1 is 1.11 bits per heavy atom. The van der Waals surface area contributed by atoms with Gasteiger partial charge in [-0.2, -0.15) is 5.26 Å². The fourth-order valence-electron chi connectivity index (χ4n) is 6.67. The maximum Gasteiger partial charge on any atom is 0.288 e. The van der Waals surface area contributed by atoms with E-state index in [2.05, 4.69) is 35.5 Å². The van der Waals surface area contributed by atoms with E-state index in [-0.39, 0.29) is 36.0 Å². The summed E-state index contributed by atoms with van der Waals surface area (Å²) in [5.74, 6) is -0.193. The van der Waals surface area contributed by atoms with Gasteiger partial charge in [-0.25, -0.2) is 4.99 Å². The Kier molecular flexibility index (Phi) is 12.1. The third-order valence-corrected chi connectivity index (χ3v) is 9.96. The largest absolute Gasteiger partial charge is 0.455 e. The van der Waals surface area contributed by atoms with Crippen LogP contribution in [0.25, 0.3) is 0 Å². The van der Waals surface area contributed by atoms with E-state index in [0.717, 1.165) is 36.2 Å². The van der Waals surface area contributed by atoms with Crippen LogP contribution in [0.3, 0.4) is 0 Å². The average molecular weight is 648 g/mol. The molecule has 248 valence electrons. The van der Waals surface area contributed by atoms with Crippen LogP contribution >= 0.6 is 11.3 Å². The number of nitrogens with zero attached hydrogens (tertiary/aromatic N) is 5. The summed E-state index contributed by atoms with van der Waals surface area (Å²) in [7, 11) is 0. The number of aliphatic imine (C=N–C) groups is 1. The fourth-order valence-corrected chi connectivity index (χ4v) is 7.31. The molecule has 3 aliphatic rings. The van der Waals surface area contributed by atoms with Crippen LogP contribution in [0.5, 0.6) is 0 Å². The molecular weight excluding hydrogens is 598 g/mol. The van der Waals surface area contributed by atoms with Gasteiger partial charge < -0.3 is 30.1 Å². The van der Waals surface area contributed by atoms with Gasteiger partial charge in [-0.05, 0) is 81.4 Å². The number of piperazine rings is 1. The molecule has 10 nitrogen and oxygen atoms in total. The van der Waals surface area contributed by atoms with Crippen molar-refractivity contribution in [3.8, 4) is 6.07 Å². The van der Waals surface area contributed by atoms with Crippen LogP contribution in [0, 0.1) is 11.3 Å². The summed E-state index contributed by atoms with van der Waals surface area (Å²) in [6.45, 7) is 11.2. The Bertz CT molecular complexity index is 1370. The molecule has 0 spiro atoms. The Hall–Kier alpha value is -3.46. The van der Waals surface area contributed by atoms with Crippen molar-refractivity contribution in [3.63, 3.8) is 0 Å². The average Bonchev–Trinajstić information content (AvgIpc) is 3.74. The van der Waals surface area contributed by atoms with Crippen LogP contribution in [0.4, 0.5) is 0 Å². The molecule has 11 heteroatoms. The van der Waals surface area contributed by atoms with Gasteiger partial charge in [0.1, 0.15) is 12.1 Å². The molecule has 2 aromatic rings. The van der Waals surface area contributed by atoms with E-state index in [4.69, 9.17) is 9.73 Å². The van der Waals surface area contributed by atoms with Crippen LogP contribution in [-0.2, 0) is 20.9 Å². The fraction of sp³-hybridized carbons (Fsp3) is 0.600. The van der Waals surface area contributed by atoms with Gasteiger partial charge in [-0.1, -0.05) is 44.9 Å². The van der Waals surface area contributed by atoms with E-state index in [1.54, 1.807) is 22.3 Å². The number of amidine groups is 1. The number of piperidine rings is 1. The topological polar surface area (TPSA) is 113 Å². The lowest BCUT2D eigenvalue weighted by molar-refractivity contribution is -0.145. The summed E-state index contributed by atoms with van der Waals surface area (Å²) < 4.78 is 6.37. The summed E-state index contributed by atoms with van der Waals surface area (Å²) in [5, 5.41) is 18.0. The minimum atomic E-state index is -0.686. The number of carbonyl (C=O) groups is 2. The van der Waals surface area contributed by atoms with Crippen LogP contribution < -0.4 is 10.6 Å². The van der Waals surface area contributed by atoms with Crippen molar-refractivity contribution in [2.75, 3.05) is 39.3 Å². The van der Waals surface area contributed by atoms with E-state index in [9.17, 15) is 14.9 Å². The molecule has 3 aliphatic heterocycles. The quantitative estimate of drug-likeness (QED) is 0.331. The molecule has 3 unspecified atom stereocenters. The number of nitrogens with one attached hydrogen (secondary N) is 2. The van der Waals surface area contributed by atoms with Crippen LogP contribution in [0.1, 0.15) is 81.4 Å². The lowest BCUT2D eigenvalue weighted by atomic mass is 10.0. The lowest BCUT2D eigenvalue weighted by Crippen LogP contribution is -2.64. The van der Waals surface area contributed by atoms with Gasteiger partial charge in [0.2, 0.25) is 11.8 Å². The van der Waals surface area contributed by atoms with Gasteiger partial charge in [-0.3, -0.25) is 9.59 Å². The van der Waals surface area contributed by atoms with Crippen molar-refractivity contribution in [2.24, 2.45) is 4.99 Å². The maximum absolute atomic E-state index is 14.2. The third kappa shape index (κ3) is 8.87. The lowest BCUT2D eigenvalue weighted by Gasteiger charge is -2.42. The number of rotatable bonds is 12. The Labute approximate surface area is 277 Å². The normalized spacial score (nSPS) is 22.7. The summed E-state index contributed by atoms with van der Waals surface area (Å²) in [6.07, 6.45) is 6.33. The number of ether oxygens (including phenoxy) is 1. The number of carbonyl (C=O) groups excluding carboxylic acids is 2. The van der Waals surface area contributed by atoms with Gasteiger partial charge in [0.15, 0.2) is 0 Å². The monoisotopic (exact) mass is 647 g/mol. The van der Waals surface area contributed by atoms with E-state index >= 15 is 0 Å².